The molecule has 0 fully saturated rings. The predicted octanol–water partition coefficient (Wildman–Crippen LogP) is 37.0. The zero-order valence-electron chi connectivity index (χ0n) is 78.1. The molecule has 0 N–H and O–H groups in total. The summed E-state index contributed by atoms with van der Waals surface area (Å²) in [5.74, 6) is 0. The summed E-state index contributed by atoms with van der Waals surface area (Å²) in [6.45, 7) is 12.7. The van der Waals surface area contributed by atoms with Gasteiger partial charge < -0.3 is 19.6 Å². The Bertz CT molecular complexity index is 6780. The largest absolute Gasteiger partial charge is 0.317 e. The Morgan fingerprint density at radius 1 is 0.175 bits per heavy atom. The Labute approximate surface area is 812 Å². The molecule has 0 aliphatic heterocycles. The summed E-state index contributed by atoms with van der Waals surface area (Å²) < 4.78 is 0. The van der Waals surface area contributed by atoms with Crippen LogP contribution in [0.15, 0.2) is 552 Å². The molecule has 19 aromatic carbocycles. The summed E-state index contributed by atoms with van der Waals surface area (Å²) in [4.78, 5) is 9.12. The van der Waals surface area contributed by atoms with Gasteiger partial charge in [0.25, 0.3) is 0 Å². The number of nitrogens with zero attached hydrogens (tertiary/aromatic N) is 4. The molecule has 0 bridgehead atoms. The van der Waals surface area contributed by atoms with E-state index in [-0.39, 0.29) is 7.43 Å². The Kier molecular flexibility index (Phi) is 33.3. The summed E-state index contributed by atoms with van der Waals surface area (Å²) in [7, 11) is 0. The van der Waals surface area contributed by atoms with Gasteiger partial charge in [0.1, 0.15) is 0 Å². The van der Waals surface area contributed by atoms with Crippen LogP contribution in [0, 0.1) is 27.7 Å². The summed E-state index contributed by atoms with van der Waals surface area (Å²) in [6, 6.07) is 186. The maximum absolute atomic E-state index is 2.31. The topological polar surface area (TPSA) is 13.0 Å². The minimum Gasteiger partial charge on any atom is -0.317 e. The minimum atomic E-state index is 0. The van der Waals surface area contributed by atoms with Crippen molar-refractivity contribution in [1.29, 1.82) is 0 Å². The van der Waals surface area contributed by atoms with Crippen LogP contribution in [-0.4, -0.2) is 0 Å². The molecule has 0 atom stereocenters. The van der Waals surface area contributed by atoms with Crippen molar-refractivity contribution in [3.8, 4) is 0 Å². The summed E-state index contributed by atoms with van der Waals surface area (Å²) in [6.07, 6.45) is 15.5. The third-order valence-corrected chi connectivity index (χ3v) is 23.4. The molecule has 668 valence electrons. The molecule has 0 aliphatic rings. The van der Waals surface area contributed by atoms with Gasteiger partial charge in [-0.15, -0.1) is 0 Å². The fourth-order valence-electron chi connectivity index (χ4n) is 16.4. The van der Waals surface area contributed by atoms with Gasteiger partial charge in [-0.2, -0.15) is 0 Å². The van der Waals surface area contributed by atoms with Crippen molar-refractivity contribution < 1.29 is 0 Å². The first-order valence-corrected chi connectivity index (χ1v) is 46.6. The van der Waals surface area contributed by atoms with E-state index in [1.807, 2.05) is 6.07 Å². The number of hydrogen-bond donors (Lipinski definition) is 0. The van der Waals surface area contributed by atoms with Gasteiger partial charge in [0, 0.05) is 68.8 Å². The highest BCUT2D eigenvalue weighted by atomic mass is 15.2. The summed E-state index contributed by atoms with van der Waals surface area (Å²) >= 11 is 0. The van der Waals surface area contributed by atoms with E-state index in [1.165, 1.54) is 111 Å². The van der Waals surface area contributed by atoms with Crippen LogP contribution in [0.5, 0.6) is 0 Å². The van der Waals surface area contributed by atoms with Gasteiger partial charge in [0.2, 0.25) is 0 Å². The Morgan fingerprint density at radius 3 is 0.562 bits per heavy atom. The molecule has 19 aromatic rings. The van der Waals surface area contributed by atoms with E-state index in [2.05, 4.69) is 626 Å². The highest BCUT2D eigenvalue weighted by Crippen LogP contribution is 2.41. The summed E-state index contributed by atoms with van der Waals surface area (Å²) in [5, 5.41) is 0. The lowest BCUT2D eigenvalue weighted by molar-refractivity contribution is 1.22. The van der Waals surface area contributed by atoms with Crippen LogP contribution in [0.3, 0.4) is 0 Å². The molecule has 0 radical (unpaired) electrons. The van der Waals surface area contributed by atoms with Crippen LogP contribution < -0.4 is 19.6 Å². The first-order chi connectivity index (χ1) is 66.9. The molecule has 0 saturated heterocycles. The quantitative estimate of drug-likeness (QED) is 0.0418. The van der Waals surface area contributed by atoms with Gasteiger partial charge in [-0.3, -0.25) is 0 Å². The van der Waals surface area contributed by atoms with E-state index in [9.17, 15) is 0 Å². The van der Waals surface area contributed by atoms with Crippen LogP contribution in [-0.2, 0) is 0 Å². The van der Waals surface area contributed by atoms with E-state index < -0.39 is 0 Å². The highest BCUT2D eigenvalue weighted by molar-refractivity contribution is 5.95. The molecule has 4 nitrogen and oxygen atoms in total. The lowest BCUT2D eigenvalue weighted by Crippen LogP contribution is -2.09. The average Bonchev–Trinajstić information content (AvgIpc) is 0.809. The first-order valence-electron chi connectivity index (χ1n) is 46.6. The van der Waals surface area contributed by atoms with Crippen molar-refractivity contribution in [3.05, 3.63) is 641 Å². The maximum Gasteiger partial charge on any atom is 0.0462 e. The van der Waals surface area contributed by atoms with Crippen molar-refractivity contribution in [2.45, 2.75) is 49.0 Å². The molecule has 0 saturated carbocycles. The first kappa shape index (κ1) is 94.5. The highest BCUT2D eigenvalue weighted by Gasteiger charge is 2.18. The van der Waals surface area contributed by atoms with Crippen molar-refractivity contribution in [1.82, 2.24) is 0 Å². The van der Waals surface area contributed by atoms with Crippen molar-refractivity contribution in [2.24, 2.45) is 0 Å². The van der Waals surface area contributed by atoms with Gasteiger partial charge in [0.15, 0.2) is 0 Å². The van der Waals surface area contributed by atoms with Gasteiger partial charge in [-0.25, -0.2) is 0 Å². The van der Waals surface area contributed by atoms with Crippen LogP contribution >= 0.6 is 0 Å². The van der Waals surface area contributed by atoms with Crippen LogP contribution in [0.1, 0.15) is 110 Å². The lowest BCUT2D eigenvalue weighted by atomic mass is 9.95. The zero-order chi connectivity index (χ0) is 93.3. The van der Waals surface area contributed by atoms with Crippen molar-refractivity contribution >= 4 is 109 Å². The second-order valence-electron chi connectivity index (χ2n) is 33.8. The number of allylic oxidation sites excluding steroid dienone is 3. The van der Waals surface area contributed by atoms with Crippen molar-refractivity contribution in [2.75, 3.05) is 19.6 Å². The molecule has 137 heavy (non-hydrogen) atoms. The number of rotatable bonds is 25. The van der Waals surface area contributed by atoms with Crippen LogP contribution in [0.25, 0.3) is 46.6 Å². The minimum absolute atomic E-state index is 0. The molecule has 4 heteroatoms. The van der Waals surface area contributed by atoms with E-state index in [0.717, 1.165) is 68.1 Å². The monoisotopic (exact) mass is 1770 g/mol. The standard InChI is InChI=1S/C36H31N.C34H29N.C32H25N.C30H27N.CH4/c1-28-16-22-33(23-17-28)37(34-24-18-29(2)19-25-34)35-26-20-30(21-27-35)10-9-15-36(31-11-5-3-6-12-31)32-13-7-4-8-14-32;1-26-13-19-31(20-14-26)35(32-21-15-27(2)16-22-32)33-23-17-28(18-24-33)25-34(29-9-5-3-6-10-29)30-11-7-4-8-12-30;1-5-13-27(14-6-1)32(28-15-7-2-8-16-28)25-26-21-23-31(24-22-26)33(29-17-9-3-10-18-29)30-19-11-4-12-20-30;1-24(2)23-31(28-16-10-5-11-17-28)29-20-18-25(19-21-29)22-30(26-12-6-3-7-13-26)27-14-8-4-9-15-27;/h3-27H,1-2H3;3-25H,1-2H3;1-25H;3-23H,1-2H3;1H4. The number of aryl methyl sites for hydroxylation is 4. The molecular formula is C133H116N4. The van der Waals surface area contributed by atoms with E-state index in [1.54, 1.807) is 0 Å². The second kappa shape index (κ2) is 48.3. The van der Waals surface area contributed by atoms with Gasteiger partial charge in [0.05, 0.1) is 0 Å². The Balaban J connectivity index is 0.000000139. The molecule has 19 rings (SSSR count). The van der Waals surface area contributed by atoms with E-state index in [0.29, 0.717) is 0 Å². The number of para-hydroxylation sites is 3. The second-order valence-corrected chi connectivity index (χ2v) is 33.8. The normalized spacial score (nSPS) is 10.5. The maximum atomic E-state index is 2.31. The summed E-state index contributed by atoms with van der Waals surface area (Å²) in [5.41, 5.74) is 38.1. The third kappa shape index (κ3) is 26.2. The molecule has 0 aromatic heterocycles. The van der Waals surface area contributed by atoms with E-state index in [4.69, 9.17) is 0 Å². The van der Waals surface area contributed by atoms with Crippen molar-refractivity contribution in [3.63, 3.8) is 0 Å². The Morgan fingerprint density at radius 2 is 0.343 bits per heavy atom. The molecule has 0 amide bonds. The number of anilines is 11. The van der Waals surface area contributed by atoms with Crippen LogP contribution in [0.4, 0.5) is 62.6 Å². The average molecular weight is 1770 g/mol. The third-order valence-electron chi connectivity index (χ3n) is 23.4. The van der Waals surface area contributed by atoms with E-state index >= 15 is 0 Å². The lowest BCUT2D eigenvalue weighted by Gasteiger charge is -2.26. The fraction of sp³-hybridized carbons (Fsp3) is 0.0526. The smallest absolute Gasteiger partial charge is 0.0462 e. The van der Waals surface area contributed by atoms with Crippen LogP contribution in [0.2, 0.25) is 0 Å². The van der Waals surface area contributed by atoms with Gasteiger partial charge in [-0.05, 0) is 282 Å². The Hall–Kier alpha value is -17.2. The molecule has 0 heterocycles. The molecular weight excluding hydrogens is 1650 g/mol. The predicted molar refractivity (Wildman–Crippen MR) is 592 cm³/mol. The van der Waals surface area contributed by atoms with Gasteiger partial charge in [-0.1, -0.05) is 448 Å². The molecule has 0 spiro atoms. The SMILES string of the molecule is C.C(=C(c1ccccc1)c1ccccc1)c1ccc(N(c2ccccc2)c2ccccc2)cc1.CC(C)=CN(c1ccccc1)c1ccc(C=C(c2ccccc2)c2ccccc2)cc1.Cc1ccc(N(c2ccc(C)cc2)c2ccc(C=C(c3ccccc3)c3ccccc3)cc2)cc1.Cc1ccc(N(c2ccc(C)cc2)c2ccc(C=CC=C(c3ccccc3)c3ccccc3)cc2)cc1. The molecule has 0 aliphatic carbocycles. The fourth-order valence-corrected chi connectivity index (χ4v) is 16.4. The van der Waals surface area contributed by atoms with Gasteiger partial charge >= 0.3 is 0 Å². The molecule has 0 unspecified atom stereocenters. The number of benzene rings is 19. The zero-order valence-corrected chi connectivity index (χ0v) is 78.1. The number of hydrogen-bond acceptors (Lipinski definition) is 4.